The summed E-state index contributed by atoms with van der Waals surface area (Å²) in [6.07, 6.45) is 4.21. The van der Waals surface area contributed by atoms with E-state index in [1.165, 1.54) is 12.1 Å². The van der Waals surface area contributed by atoms with Crippen molar-refractivity contribution in [2.45, 2.75) is 52.7 Å². The molecule has 0 N–H and O–H groups in total. The van der Waals surface area contributed by atoms with Crippen molar-refractivity contribution in [1.29, 1.82) is 0 Å². The quantitative estimate of drug-likeness (QED) is 0.275. The maximum absolute atomic E-state index is 14.4. The van der Waals surface area contributed by atoms with Crippen molar-refractivity contribution >= 4 is 22.7 Å². The zero-order valence-corrected chi connectivity index (χ0v) is 23.3. The number of carbonyl (C=O) groups excluding carboxylic acids is 1. The van der Waals surface area contributed by atoms with Crippen LogP contribution in [0.4, 0.5) is 9.18 Å². The van der Waals surface area contributed by atoms with Crippen molar-refractivity contribution in [2.24, 2.45) is 0 Å². The summed E-state index contributed by atoms with van der Waals surface area (Å²) in [5.74, 6) is 0.257. The summed E-state index contributed by atoms with van der Waals surface area (Å²) in [6.45, 7) is 10.2. The number of ether oxygens (including phenoxy) is 2. The first-order chi connectivity index (χ1) is 18.6. The second kappa shape index (κ2) is 10.2. The highest BCUT2D eigenvalue weighted by Gasteiger charge is 2.30. The molecule has 2 aromatic heterocycles. The summed E-state index contributed by atoms with van der Waals surface area (Å²) in [5.41, 5.74) is 5.94. The Morgan fingerprint density at radius 1 is 1.05 bits per heavy atom. The molecule has 7 heteroatoms. The predicted molar refractivity (Wildman–Crippen MR) is 153 cm³/mol. The number of benzene rings is 2. The predicted octanol–water partition coefficient (Wildman–Crippen LogP) is 7.56. The van der Waals surface area contributed by atoms with Crippen LogP contribution in [0, 0.1) is 12.7 Å². The average molecular weight is 528 g/mol. The van der Waals surface area contributed by atoms with Crippen molar-refractivity contribution in [3.05, 3.63) is 83.9 Å². The molecule has 202 valence electrons. The van der Waals surface area contributed by atoms with Gasteiger partial charge in [-0.3, -0.25) is 4.57 Å². The Labute approximate surface area is 228 Å². The Kier molecular flexibility index (Phi) is 6.93. The molecular formula is C32H34FN3O3. The standard InChI is InChI=1S/C32H34FN3O3/c1-20-7-10-24(11-8-20)36-28(22-14-16-35(21(2)17-22)31(37)39-32(3,4)5)19-27-25(13-15-34-30(27)36)26-18-23(33)9-12-29(26)38-6/h7-13,15,17-19,21H,14,16H2,1-6H3. The fraction of sp³-hybridized carbons (Fsp3) is 0.312. The van der Waals surface area contributed by atoms with E-state index in [-0.39, 0.29) is 18.0 Å². The van der Waals surface area contributed by atoms with E-state index < -0.39 is 5.60 Å². The SMILES string of the molecule is COc1ccc(F)cc1-c1ccnc2c1cc(C1=CC(C)N(C(=O)OC(C)(C)C)CC1)n2-c1ccc(C)cc1. The van der Waals surface area contributed by atoms with E-state index in [9.17, 15) is 9.18 Å². The molecule has 1 amide bonds. The number of hydrogen-bond donors (Lipinski definition) is 0. The number of aryl methyl sites for hydroxylation is 1. The second-order valence-electron chi connectivity index (χ2n) is 11.0. The van der Waals surface area contributed by atoms with Gasteiger partial charge in [0.1, 0.15) is 22.8 Å². The molecule has 1 aliphatic heterocycles. The lowest BCUT2D eigenvalue weighted by molar-refractivity contribution is 0.0209. The fourth-order valence-corrected chi connectivity index (χ4v) is 5.12. The lowest BCUT2D eigenvalue weighted by atomic mass is 9.99. The van der Waals surface area contributed by atoms with Crippen molar-refractivity contribution < 1.29 is 18.7 Å². The number of rotatable bonds is 4. The molecule has 6 nitrogen and oxygen atoms in total. The normalized spacial score (nSPS) is 15.8. The van der Waals surface area contributed by atoms with Crippen molar-refractivity contribution in [1.82, 2.24) is 14.5 Å². The van der Waals surface area contributed by atoms with Crippen LogP contribution in [0.25, 0.3) is 33.4 Å². The summed E-state index contributed by atoms with van der Waals surface area (Å²) in [7, 11) is 1.59. The van der Waals surface area contributed by atoms with Crippen LogP contribution in [0.5, 0.6) is 5.75 Å². The summed E-state index contributed by atoms with van der Waals surface area (Å²) in [6, 6.07) is 16.7. The molecule has 0 saturated carbocycles. The number of aromatic nitrogens is 2. The van der Waals surface area contributed by atoms with Crippen LogP contribution in [-0.4, -0.2) is 45.8 Å². The number of methoxy groups -OCH3 is 1. The van der Waals surface area contributed by atoms with Gasteiger partial charge < -0.3 is 14.4 Å². The van der Waals surface area contributed by atoms with E-state index in [4.69, 9.17) is 14.5 Å². The number of pyridine rings is 1. The minimum Gasteiger partial charge on any atom is -0.496 e. The molecule has 2 aromatic carbocycles. The van der Waals surface area contributed by atoms with E-state index >= 15 is 0 Å². The highest BCUT2D eigenvalue weighted by Crippen LogP contribution is 2.39. The van der Waals surface area contributed by atoms with Gasteiger partial charge in [-0.15, -0.1) is 0 Å². The molecule has 1 atom stereocenters. The number of nitrogens with zero attached hydrogens (tertiary/aromatic N) is 3. The van der Waals surface area contributed by atoms with E-state index in [0.29, 0.717) is 24.3 Å². The highest BCUT2D eigenvalue weighted by atomic mass is 19.1. The lowest BCUT2D eigenvalue weighted by Gasteiger charge is -2.34. The van der Waals surface area contributed by atoms with Gasteiger partial charge in [0, 0.05) is 29.4 Å². The Hall–Kier alpha value is -4.13. The van der Waals surface area contributed by atoms with Crippen LogP contribution in [0.1, 0.15) is 45.4 Å². The fourth-order valence-electron chi connectivity index (χ4n) is 5.12. The van der Waals surface area contributed by atoms with Crippen LogP contribution < -0.4 is 4.74 Å². The molecule has 4 aromatic rings. The zero-order valence-electron chi connectivity index (χ0n) is 23.3. The van der Waals surface area contributed by atoms with Gasteiger partial charge in [-0.05, 0) is 94.6 Å². The number of amides is 1. The van der Waals surface area contributed by atoms with Crippen LogP contribution >= 0.6 is 0 Å². The summed E-state index contributed by atoms with van der Waals surface area (Å²) < 4.78 is 27.7. The van der Waals surface area contributed by atoms with Crippen molar-refractivity contribution in [3.63, 3.8) is 0 Å². The monoisotopic (exact) mass is 527 g/mol. The van der Waals surface area contributed by atoms with E-state index in [1.807, 2.05) is 33.8 Å². The molecule has 39 heavy (non-hydrogen) atoms. The molecule has 5 rings (SSSR count). The summed E-state index contributed by atoms with van der Waals surface area (Å²) in [5, 5.41) is 0.889. The Balaban J connectivity index is 1.67. The average Bonchev–Trinajstić information content (AvgIpc) is 3.28. The van der Waals surface area contributed by atoms with Gasteiger partial charge in [0.25, 0.3) is 0 Å². The van der Waals surface area contributed by atoms with Crippen LogP contribution in [0.15, 0.2) is 66.9 Å². The smallest absolute Gasteiger partial charge is 0.410 e. The van der Waals surface area contributed by atoms with Crippen molar-refractivity contribution in [3.8, 4) is 22.6 Å². The Morgan fingerprint density at radius 3 is 2.46 bits per heavy atom. The maximum Gasteiger partial charge on any atom is 0.410 e. The summed E-state index contributed by atoms with van der Waals surface area (Å²) >= 11 is 0. The Morgan fingerprint density at radius 2 is 1.79 bits per heavy atom. The third-order valence-corrected chi connectivity index (χ3v) is 6.96. The second-order valence-corrected chi connectivity index (χ2v) is 11.0. The number of carbonyl (C=O) groups is 1. The summed E-state index contributed by atoms with van der Waals surface area (Å²) in [4.78, 5) is 19.4. The lowest BCUT2D eigenvalue weighted by Crippen LogP contribution is -2.43. The first-order valence-electron chi connectivity index (χ1n) is 13.2. The van der Waals surface area contributed by atoms with Gasteiger partial charge in [0.15, 0.2) is 0 Å². The molecular weight excluding hydrogens is 493 g/mol. The minimum absolute atomic E-state index is 0.149. The molecule has 0 saturated heterocycles. The highest BCUT2D eigenvalue weighted by molar-refractivity contribution is 5.98. The van der Waals surface area contributed by atoms with Crippen LogP contribution in [0.3, 0.4) is 0 Å². The molecule has 0 bridgehead atoms. The first-order valence-corrected chi connectivity index (χ1v) is 13.2. The van der Waals surface area contributed by atoms with Crippen LogP contribution in [0.2, 0.25) is 0 Å². The number of hydrogen-bond acceptors (Lipinski definition) is 4. The van der Waals surface area contributed by atoms with E-state index in [1.54, 1.807) is 24.3 Å². The molecule has 3 heterocycles. The molecule has 0 radical (unpaired) electrons. The van der Waals surface area contributed by atoms with Gasteiger partial charge in [-0.25, -0.2) is 14.2 Å². The van der Waals surface area contributed by atoms with Gasteiger partial charge in [0.2, 0.25) is 0 Å². The Bertz CT molecular complexity index is 1560. The third kappa shape index (κ3) is 5.26. The molecule has 0 spiro atoms. The topological polar surface area (TPSA) is 56.6 Å². The van der Waals surface area contributed by atoms with Gasteiger partial charge in [0.05, 0.1) is 18.8 Å². The maximum atomic E-state index is 14.4. The van der Waals surface area contributed by atoms with E-state index in [2.05, 4.69) is 47.9 Å². The van der Waals surface area contributed by atoms with Gasteiger partial charge >= 0.3 is 6.09 Å². The largest absolute Gasteiger partial charge is 0.496 e. The van der Waals surface area contributed by atoms with Crippen molar-refractivity contribution in [2.75, 3.05) is 13.7 Å². The molecule has 0 fully saturated rings. The molecule has 1 unspecified atom stereocenters. The van der Waals surface area contributed by atoms with Crippen LogP contribution in [-0.2, 0) is 4.74 Å². The molecule has 0 aliphatic carbocycles. The number of halogens is 1. The molecule has 1 aliphatic rings. The first kappa shape index (κ1) is 26.5. The third-order valence-electron chi connectivity index (χ3n) is 6.96. The van der Waals surface area contributed by atoms with Gasteiger partial charge in [-0.1, -0.05) is 23.8 Å². The zero-order chi connectivity index (χ0) is 27.9. The number of fused-ring (bicyclic) bond motifs is 1. The van der Waals surface area contributed by atoms with E-state index in [0.717, 1.165) is 39.1 Å². The minimum atomic E-state index is -0.557. The van der Waals surface area contributed by atoms with Gasteiger partial charge in [-0.2, -0.15) is 0 Å².